The molecule has 0 aliphatic rings. The number of nitrogens with two attached hydrogens (primary N) is 1. The lowest BCUT2D eigenvalue weighted by Gasteiger charge is -2.04. The zero-order valence-electron chi connectivity index (χ0n) is 9.97. The van der Waals surface area contributed by atoms with Gasteiger partial charge in [0.15, 0.2) is 0 Å². The largest absolute Gasteiger partial charge is 0.477 e. The summed E-state index contributed by atoms with van der Waals surface area (Å²) in [7, 11) is -3.78. The fourth-order valence-corrected chi connectivity index (χ4v) is 3.69. The van der Waals surface area contributed by atoms with E-state index in [1.807, 2.05) is 0 Å². The van der Waals surface area contributed by atoms with Gasteiger partial charge in [-0.15, -0.1) is 11.3 Å². The molecular formula is C9H13N3O5S2. The van der Waals surface area contributed by atoms with Crippen molar-refractivity contribution in [1.29, 1.82) is 0 Å². The van der Waals surface area contributed by atoms with Gasteiger partial charge in [-0.2, -0.15) is 0 Å². The highest BCUT2D eigenvalue weighted by Crippen LogP contribution is 2.25. The second-order valence-corrected chi connectivity index (χ2v) is 6.62. The van der Waals surface area contributed by atoms with Crippen molar-refractivity contribution < 1.29 is 23.1 Å². The van der Waals surface area contributed by atoms with E-state index in [-0.39, 0.29) is 22.2 Å². The maximum absolute atomic E-state index is 11.8. The predicted octanol–water partition coefficient (Wildman–Crippen LogP) is -0.299. The number of sulfonamides is 1. The molecule has 0 saturated carbocycles. The zero-order chi connectivity index (χ0) is 14.6. The summed E-state index contributed by atoms with van der Waals surface area (Å²) < 4.78 is 25.8. The number of aromatic carboxylic acids is 1. The smallest absolute Gasteiger partial charge is 0.346 e. The molecule has 8 nitrogen and oxygen atoms in total. The second kappa shape index (κ2) is 5.99. The first-order chi connectivity index (χ1) is 8.74. The molecule has 0 saturated heterocycles. The highest BCUT2D eigenvalue weighted by Gasteiger charge is 2.21. The van der Waals surface area contributed by atoms with Crippen molar-refractivity contribution in [2.45, 2.75) is 11.1 Å². The van der Waals surface area contributed by atoms with Crippen LogP contribution in [0.4, 0.5) is 4.79 Å². The predicted molar refractivity (Wildman–Crippen MR) is 68.8 cm³/mol. The molecule has 1 aromatic rings. The van der Waals surface area contributed by atoms with Crippen LogP contribution in [-0.4, -0.2) is 38.6 Å². The van der Waals surface area contributed by atoms with E-state index < -0.39 is 22.0 Å². The van der Waals surface area contributed by atoms with E-state index in [4.69, 9.17) is 10.8 Å². The van der Waals surface area contributed by atoms with E-state index >= 15 is 0 Å². The Kier molecular flexibility index (Phi) is 4.86. The molecule has 0 atom stereocenters. The van der Waals surface area contributed by atoms with Crippen LogP contribution in [0.1, 0.15) is 15.2 Å². The number of hydrogen-bond acceptors (Lipinski definition) is 5. The molecule has 0 bridgehead atoms. The molecule has 0 radical (unpaired) electrons. The Hall–Kier alpha value is -1.65. The minimum atomic E-state index is -3.78. The third kappa shape index (κ3) is 4.19. The van der Waals surface area contributed by atoms with Crippen molar-refractivity contribution in [3.8, 4) is 0 Å². The minimum absolute atomic E-state index is 0.0179. The molecule has 0 aliphatic carbocycles. The third-order valence-electron chi connectivity index (χ3n) is 2.07. The molecule has 5 N–H and O–H groups in total. The number of carboxylic acid groups (broad SMARTS) is 1. The number of rotatable bonds is 6. The number of carbonyl (C=O) groups is 2. The number of primary amides is 1. The SMILES string of the molecule is Cc1cc(S(=O)(=O)NCCNC(N)=O)sc1C(=O)O. The lowest BCUT2D eigenvalue weighted by atomic mass is 10.3. The summed E-state index contributed by atoms with van der Waals surface area (Å²) >= 11 is 0.677. The van der Waals surface area contributed by atoms with Crippen LogP contribution in [0.3, 0.4) is 0 Å². The van der Waals surface area contributed by atoms with Gasteiger partial charge in [0, 0.05) is 13.1 Å². The second-order valence-electron chi connectivity index (χ2n) is 3.57. The van der Waals surface area contributed by atoms with Crippen LogP contribution in [-0.2, 0) is 10.0 Å². The molecule has 0 aliphatic heterocycles. The van der Waals surface area contributed by atoms with Crippen LogP contribution in [0.2, 0.25) is 0 Å². The van der Waals surface area contributed by atoms with E-state index in [1.54, 1.807) is 0 Å². The molecule has 1 aromatic heterocycles. The average Bonchev–Trinajstić information content (AvgIpc) is 2.67. The number of carbonyl (C=O) groups excluding carboxylic acids is 1. The summed E-state index contributed by atoms with van der Waals surface area (Å²) in [6, 6.07) is 0.539. The summed E-state index contributed by atoms with van der Waals surface area (Å²) in [6.45, 7) is 1.53. The Labute approximate surface area is 113 Å². The summed E-state index contributed by atoms with van der Waals surface area (Å²) in [5.41, 5.74) is 5.20. The van der Waals surface area contributed by atoms with E-state index in [2.05, 4.69) is 10.0 Å². The van der Waals surface area contributed by atoms with Crippen LogP contribution in [0, 0.1) is 6.92 Å². The lowest BCUT2D eigenvalue weighted by Crippen LogP contribution is -2.37. The summed E-state index contributed by atoms with van der Waals surface area (Å²) in [4.78, 5) is 21.2. The van der Waals surface area contributed by atoms with Gasteiger partial charge in [0.1, 0.15) is 9.09 Å². The van der Waals surface area contributed by atoms with Crippen LogP contribution >= 0.6 is 11.3 Å². The maximum Gasteiger partial charge on any atom is 0.346 e. The molecule has 19 heavy (non-hydrogen) atoms. The molecule has 0 fully saturated rings. The molecule has 10 heteroatoms. The topological polar surface area (TPSA) is 139 Å². The standard InChI is InChI=1S/C9H13N3O5S2/c1-5-4-6(18-7(5)8(13)14)19(16,17)12-3-2-11-9(10)15/h4,12H,2-3H2,1H3,(H,13,14)(H3,10,11,15). The number of carboxylic acids is 1. The highest BCUT2D eigenvalue weighted by atomic mass is 32.2. The van der Waals surface area contributed by atoms with Crippen LogP contribution in [0.25, 0.3) is 0 Å². The fraction of sp³-hybridized carbons (Fsp3) is 0.333. The number of urea groups is 1. The Balaban J connectivity index is 2.75. The van der Waals surface area contributed by atoms with Crippen molar-refractivity contribution in [1.82, 2.24) is 10.0 Å². The van der Waals surface area contributed by atoms with Crippen molar-refractivity contribution >= 4 is 33.4 Å². The van der Waals surface area contributed by atoms with Crippen LogP contribution < -0.4 is 15.8 Å². The Bertz CT molecular complexity index is 593. The Morgan fingerprint density at radius 3 is 2.53 bits per heavy atom. The normalized spacial score (nSPS) is 11.2. The number of aryl methyl sites for hydroxylation is 1. The average molecular weight is 307 g/mol. The molecule has 106 valence electrons. The summed E-state index contributed by atoms with van der Waals surface area (Å²) in [5.74, 6) is -1.17. The van der Waals surface area contributed by atoms with Gasteiger partial charge in [0.2, 0.25) is 10.0 Å². The highest BCUT2D eigenvalue weighted by molar-refractivity contribution is 7.91. The monoisotopic (exact) mass is 307 g/mol. The Morgan fingerprint density at radius 1 is 1.42 bits per heavy atom. The van der Waals surface area contributed by atoms with Gasteiger partial charge in [-0.05, 0) is 18.6 Å². The molecule has 2 amide bonds. The summed E-state index contributed by atoms with van der Waals surface area (Å²) in [6.07, 6.45) is 0. The minimum Gasteiger partial charge on any atom is -0.477 e. The van der Waals surface area contributed by atoms with Gasteiger partial charge in [0.25, 0.3) is 0 Å². The number of nitrogens with one attached hydrogen (secondary N) is 2. The molecule has 1 heterocycles. The van der Waals surface area contributed by atoms with Gasteiger partial charge in [0.05, 0.1) is 0 Å². The number of thiophene rings is 1. The molecule has 0 aromatic carbocycles. The lowest BCUT2D eigenvalue weighted by molar-refractivity contribution is 0.0701. The fourth-order valence-electron chi connectivity index (χ4n) is 1.24. The first-order valence-electron chi connectivity index (χ1n) is 5.10. The first kappa shape index (κ1) is 15.4. The van der Waals surface area contributed by atoms with Gasteiger partial charge in [-0.3, -0.25) is 0 Å². The van der Waals surface area contributed by atoms with Crippen molar-refractivity contribution in [3.63, 3.8) is 0 Å². The van der Waals surface area contributed by atoms with E-state index in [9.17, 15) is 18.0 Å². The van der Waals surface area contributed by atoms with Gasteiger partial charge in [-0.1, -0.05) is 0 Å². The quantitative estimate of drug-likeness (QED) is 0.534. The number of amides is 2. The van der Waals surface area contributed by atoms with E-state index in [0.29, 0.717) is 16.9 Å². The number of hydrogen-bond donors (Lipinski definition) is 4. The molecule has 1 rings (SSSR count). The molecule has 0 spiro atoms. The van der Waals surface area contributed by atoms with E-state index in [1.165, 1.54) is 13.0 Å². The molecule has 0 unspecified atom stereocenters. The third-order valence-corrected chi connectivity index (χ3v) is 5.23. The maximum atomic E-state index is 11.8. The first-order valence-corrected chi connectivity index (χ1v) is 7.40. The van der Waals surface area contributed by atoms with Gasteiger partial charge in [-0.25, -0.2) is 22.7 Å². The van der Waals surface area contributed by atoms with Crippen molar-refractivity contribution in [2.75, 3.05) is 13.1 Å². The van der Waals surface area contributed by atoms with Crippen LogP contribution in [0.15, 0.2) is 10.3 Å². The van der Waals surface area contributed by atoms with Gasteiger partial charge < -0.3 is 16.2 Å². The van der Waals surface area contributed by atoms with Crippen molar-refractivity contribution in [2.24, 2.45) is 5.73 Å². The summed E-state index contributed by atoms with van der Waals surface area (Å²) in [5, 5.41) is 11.1. The van der Waals surface area contributed by atoms with Gasteiger partial charge >= 0.3 is 12.0 Å². The zero-order valence-corrected chi connectivity index (χ0v) is 11.6. The Morgan fingerprint density at radius 2 is 2.05 bits per heavy atom. The van der Waals surface area contributed by atoms with Crippen LogP contribution in [0.5, 0.6) is 0 Å². The van der Waals surface area contributed by atoms with E-state index in [0.717, 1.165) is 0 Å². The van der Waals surface area contributed by atoms with Crippen molar-refractivity contribution in [3.05, 3.63) is 16.5 Å². The molecular weight excluding hydrogens is 294 g/mol.